The van der Waals surface area contributed by atoms with Crippen molar-refractivity contribution in [1.29, 1.82) is 0 Å². The molecule has 1 aliphatic rings. The summed E-state index contributed by atoms with van der Waals surface area (Å²) in [5.74, 6) is -5.41. The molecule has 2 aromatic carbocycles. The first kappa shape index (κ1) is 19.3. The van der Waals surface area contributed by atoms with Crippen LogP contribution in [0.15, 0.2) is 35.2 Å². The van der Waals surface area contributed by atoms with E-state index in [1.54, 1.807) is 0 Å². The minimum atomic E-state index is -1.66. The second-order valence-corrected chi connectivity index (χ2v) is 7.63. The van der Waals surface area contributed by atoms with E-state index in [4.69, 9.17) is 0 Å². The van der Waals surface area contributed by atoms with Crippen molar-refractivity contribution in [3.8, 4) is 0 Å². The first-order valence-corrected chi connectivity index (χ1v) is 9.08. The van der Waals surface area contributed by atoms with Gasteiger partial charge in [-0.2, -0.15) is 0 Å². The van der Waals surface area contributed by atoms with E-state index in [9.17, 15) is 22.8 Å². The zero-order valence-corrected chi connectivity index (χ0v) is 15.5. The Morgan fingerprint density at radius 2 is 1.93 bits per heavy atom. The molecule has 0 fully saturated rings. The number of rotatable bonds is 4. The Morgan fingerprint density at radius 1 is 1.19 bits per heavy atom. The van der Waals surface area contributed by atoms with Gasteiger partial charge in [-0.25, -0.2) is 13.2 Å². The second-order valence-electron chi connectivity index (χ2n) is 6.39. The summed E-state index contributed by atoms with van der Waals surface area (Å²) in [4.78, 5) is 26.9. The number of thioether (sulfide) groups is 1. The predicted octanol–water partition coefficient (Wildman–Crippen LogP) is 3.53. The molecular formula is C19H17F3N2O2S. The molecule has 1 unspecified atom stereocenters. The Balaban J connectivity index is 1.60. The maximum atomic E-state index is 13.6. The Kier molecular flexibility index (Phi) is 5.46. The summed E-state index contributed by atoms with van der Waals surface area (Å²) >= 11 is 1.45. The molecule has 3 rings (SSSR count). The van der Waals surface area contributed by atoms with E-state index < -0.39 is 29.0 Å². The van der Waals surface area contributed by atoms with Gasteiger partial charge in [-0.15, -0.1) is 11.8 Å². The van der Waals surface area contributed by atoms with E-state index in [-0.39, 0.29) is 17.7 Å². The van der Waals surface area contributed by atoms with Gasteiger partial charge in [0.05, 0.1) is 17.5 Å². The Morgan fingerprint density at radius 3 is 2.67 bits per heavy atom. The molecule has 0 saturated heterocycles. The van der Waals surface area contributed by atoms with Crippen molar-refractivity contribution in [3.63, 3.8) is 0 Å². The number of carbonyl (C=O) groups excluding carboxylic acids is 2. The summed E-state index contributed by atoms with van der Waals surface area (Å²) in [6.07, 6.45) is 0.572. The average Bonchev–Trinajstić information content (AvgIpc) is 3.04. The van der Waals surface area contributed by atoms with Crippen LogP contribution < -0.4 is 5.32 Å². The maximum absolute atomic E-state index is 13.6. The molecule has 1 N–H and O–H groups in total. The van der Waals surface area contributed by atoms with Crippen molar-refractivity contribution in [2.24, 2.45) is 0 Å². The number of hydrogen-bond acceptors (Lipinski definition) is 3. The van der Waals surface area contributed by atoms with Gasteiger partial charge in [-0.1, -0.05) is 17.7 Å². The van der Waals surface area contributed by atoms with Crippen molar-refractivity contribution < 1.29 is 22.8 Å². The first-order valence-electron chi connectivity index (χ1n) is 8.20. The number of benzene rings is 2. The predicted molar refractivity (Wildman–Crippen MR) is 97.1 cm³/mol. The number of amides is 2. The lowest BCUT2D eigenvalue weighted by molar-refractivity contribution is -0.132. The van der Waals surface area contributed by atoms with E-state index in [1.165, 1.54) is 23.7 Å². The van der Waals surface area contributed by atoms with Crippen LogP contribution in [0.3, 0.4) is 0 Å². The fourth-order valence-electron chi connectivity index (χ4n) is 2.82. The third kappa shape index (κ3) is 4.10. The summed E-state index contributed by atoms with van der Waals surface area (Å²) in [5.41, 5.74) is 1.72. The quantitative estimate of drug-likeness (QED) is 0.808. The van der Waals surface area contributed by atoms with Gasteiger partial charge in [-0.05, 0) is 37.1 Å². The monoisotopic (exact) mass is 394 g/mol. The average molecular weight is 394 g/mol. The second kappa shape index (κ2) is 7.64. The molecule has 1 heterocycles. The molecule has 4 nitrogen and oxygen atoms in total. The van der Waals surface area contributed by atoms with Crippen LogP contribution in [0, 0.1) is 24.4 Å². The third-order valence-corrected chi connectivity index (χ3v) is 5.53. The number of anilines is 1. The fourth-order valence-corrected chi connectivity index (χ4v) is 4.23. The highest BCUT2D eigenvalue weighted by atomic mass is 32.2. The highest BCUT2D eigenvalue weighted by Gasteiger charge is 2.31. The van der Waals surface area contributed by atoms with Crippen molar-refractivity contribution in [1.82, 2.24) is 4.90 Å². The third-order valence-electron chi connectivity index (χ3n) is 4.24. The molecular weight excluding hydrogens is 377 g/mol. The van der Waals surface area contributed by atoms with E-state index in [0.29, 0.717) is 6.42 Å². The van der Waals surface area contributed by atoms with Crippen molar-refractivity contribution in [2.75, 3.05) is 18.9 Å². The Hall–Kier alpha value is -2.48. The van der Waals surface area contributed by atoms with Crippen LogP contribution in [0.25, 0.3) is 0 Å². The molecule has 0 aromatic heterocycles. The first-order chi connectivity index (χ1) is 12.8. The molecule has 0 bridgehead atoms. The van der Waals surface area contributed by atoms with Gasteiger partial charge < -0.3 is 10.2 Å². The normalized spacial score (nSPS) is 15.4. The molecule has 1 atom stereocenters. The number of nitrogens with one attached hydrogen (secondary N) is 1. The highest BCUT2D eigenvalue weighted by molar-refractivity contribution is 8.01. The molecule has 27 heavy (non-hydrogen) atoms. The summed E-state index contributed by atoms with van der Waals surface area (Å²) in [5, 5.41) is 1.82. The lowest BCUT2D eigenvalue weighted by Gasteiger charge is -2.20. The largest absolute Gasteiger partial charge is 0.335 e. The summed E-state index contributed by atoms with van der Waals surface area (Å²) < 4.78 is 39.8. The van der Waals surface area contributed by atoms with Crippen molar-refractivity contribution in [2.45, 2.75) is 23.5 Å². The molecule has 0 saturated carbocycles. The SMILES string of the molecule is Cc1ccc2c(c1)SC(C(=O)N(C)CC(=O)Nc1ccc(F)c(F)c1F)C2. The molecule has 142 valence electrons. The number of fused-ring (bicyclic) bond motifs is 1. The number of nitrogens with zero attached hydrogens (tertiary/aromatic N) is 1. The summed E-state index contributed by atoms with van der Waals surface area (Å²) in [7, 11) is 1.47. The molecule has 1 aliphatic heterocycles. The van der Waals surface area contributed by atoms with Gasteiger partial charge in [0, 0.05) is 11.9 Å². The number of likely N-dealkylation sites (N-methyl/N-ethyl adjacent to an activating group) is 1. The van der Waals surface area contributed by atoms with Gasteiger partial charge in [-0.3, -0.25) is 9.59 Å². The van der Waals surface area contributed by atoms with Gasteiger partial charge in [0.1, 0.15) is 0 Å². The van der Waals surface area contributed by atoms with Gasteiger partial charge >= 0.3 is 0 Å². The van der Waals surface area contributed by atoms with Crippen LogP contribution in [-0.2, 0) is 16.0 Å². The molecule has 2 aromatic rings. The molecule has 2 amide bonds. The molecule has 0 radical (unpaired) electrons. The summed E-state index contributed by atoms with van der Waals surface area (Å²) in [6.45, 7) is 1.65. The van der Waals surface area contributed by atoms with Crippen LogP contribution in [-0.4, -0.2) is 35.6 Å². The standard InChI is InChI=1S/C19H17F3N2O2S/c1-10-3-4-11-8-15(27-14(11)7-10)19(26)24(2)9-16(25)23-13-6-5-12(20)17(21)18(13)22/h3-7,15H,8-9H2,1-2H3,(H,23,25). The zero-order valence-electron chi connectivity index (χ0n) is 14.7. The van der Waals surface area contributed by atoms with Gasteiger partial charge in [0.15, 0.2) is 17.5 Å². The zero-order chi connectivity index (χ0) is 19.7. The van der Waals surface area contributed by atoms with Gasteiger partial charge in [0.2, 0.25) is 11.8 Å². The molecule has 0 spiro atoms. The van der Waals surface area contributed by atoms with Crippen LogP contribution in [0.1, 0.15) is 11.1 Å². The molecule has 8 heteroatoms. The van der Waals surface area contributed by atoms with E-state index >= 15 is 0 Å². The van der Waals surface area contributed by atoms with E-state index in [1.807, 2.05) is 25.1 Å². The van der Waals surface area contributed by atoms with Crippen LogP contribution in [0.2, 0.25) is 0 Å². The maximum Gasteiger partial charge on any atom is 0.244 e. The fraction of sp³-hybridized carbons (Fsp3) is 0.263. The summed E-state index contributed by atoms with van der Waals surface area (Å²) in [6, 6.07) is 7.64. The Bertz CT molecular complexity index is 920. The van der Waals surface area contributed by atoms with Gasteiger partial charge in [0.25, 0.3) is 0 Å². The van der Waals surface area contributed by atoms with Crippen LogP contribution in [0.5, 0.6) is 0 Å². The number of hydrogen-bond donors (Lipinski definition) is 1. The van der Waals surface area contributed by atoms with Crippen LogP contribution >= 0.6 is 11.8 Å². The van der Waals surface area contributed by atoms with E-state index in [0.717, 1.165) is 28.2 Å². The number of carbonyl (C=O) groups is 2. The van der Waals surface area contributed by atoms with Crippen molar-refractivity contribution >= 4 is 29.3 Å². The topological polar surface area (TPSA) is 49.4 Å². The minimum Gasteiger partial charge on any atom is -0.335 e. The minimum absolute atomic E-state index is 0.227. The lowest BCUT2D eigenvalue weighted by Crippen LogP contribution is -2.39. The number of aryl methyl sites for hydroxylation is 1. The van der Waals surface area contributed by atoms with E-state index in [2.05, 4.69) is 5.32 Å². The smallest absolute Gasteiger partial charge is 0.244 e. The molecule has 0 aliphatic carbocycles. The van der Waals surface area contributed by atoms with Crippen LogP contribution in [0.4, 0.5) is 18.9 Å². The van der Waals surface area contributed by atoms with Crippen molar-refractivity contribution in [3.05, 3.63) is 58.9 Å². The highest BCUT2D eigenvalue weighted by Crippen LogP contribution is 2.38. The number of halogens is 3. The Labute approximate surface area is 158 Å². The lowest BCUT2D eigenvalue weighted by atomic mass is 10.1.